The minimum absolute atomic E-state index is 0.0292. The fraction of sp³-hybridized carbons (Fsp3) is 0.333. The van der Waals surface area contributed by atoms with Crippen molar-refractivity contribution in [3.63, 3.8) is 0 Å². The van der Waals surface area contributed by atoms with Gasteiger partial charge < -0.3 is 14.7 Å². The second kappa shape index (κ2) is 9.96. The van der Waals surface area contributed by atoms with Crippen LogP contribution in [0.5, 0.6) is 0 Å². The minimum Gasteiger partial charge on any atom is -0.336 e. The fourth-order valence-electron chi connectivity index (χ4n) is 4.50. The van der Waals surface area contributed by atoms with E-state index in [1.165, 1.54) is 16.0 Å². The van der Waals surface area contributed by atoms with Gasteiger partial charge in [-0.05, 0) is 23.3 Å². The number of nitrogens with one attached hydrogen (secondary N) is 1. The average molecular weight is 431 g/mol. The Hall–Kier alpha value is -3.18. The molecule has 2 amide bonds. The highest BCUT2D eigenvalue weighted by molar-refractivity contribution is 5.91. The Morgan fingerprint density at radius 2 is 1.69 bits per heavy atom. The van der Waals surface area contributed by atoms with Crippen molar-refractivity contribution < 1.29 is 14.5 Å². The van der Waals surface area contributed by atoms with Crippen molar-refractivity contribution in [3.8, 4) is 0 Å². The number of amides is 2. The van der Waals surface area contributed by atoms with E-state index >= 15 is 0 Å². The SMILES string of the molecule is Cc1cccc(C[NH+]2CCN(C(=O)CN(C)C(=O)Cc3cccc4ccccc34)CC2)c1. The lowest BCUT2D eigenvalue weighted by molar-refractivity contribution is -0.917. The van der Waals surface area contributed by atoms with E-state index in [0.29, 0.717) is 6.42 Å². The largest absolute Gasteiger partial charge is 0.336 e. The summed E-state index contributed by atoms with van der Waals surface area (Å²) >= 11 is 0. The lowest BCUT2D eigenvalue weighted by Crippen LogP contribution is -3.13. The van der Waals surface area contributed by atoms with Crippen LogP contribution in [0.4, 0.5) is 0 Å². The van der Waals surface area contributed by atoms with E-state index in [0.717, 1.165) is 49.1 Å². The van der Waals surface area contributed by atoms with Crippen molar-refractivity contribution in [2.75, 3.05) is 39.8 Å². The highest BCUT2D eigenvalue weighted by atomic mass is 16.2. The normalized spacial score (nSPS) is 14.5. The molecule has 1 heterocycles. The highest BCUT2D eigenvalue weighted by Crippen LogP contribution is 2.19. The summed E-state index contributed by atoms with van der Waals surface area (Å²) in [7, 11) is 1.73. The minimum atomic E-state index is -0.0292. The number of carbonyl (C=O) groups excluding carboxylic acids is 2. The van der Waals surface area contributed by atoms with E-state index in [2.05, 4.69) is 43.3 Å². The second-order valence-corrected chi connectivity index (χ2v) is 8.86. The van der Waals surface area contributed by atoms with Crippen LogP contribution in [-0.2, 0) is 22.6 Å². The van der Waals surface area contributed by atoms with E-state index in [1.54, 1.807) is 11.9 Å². The number of carbonyl (C=O) groups is 2. The van der Waals surface area contributed by atoms with Crippen molar-refractivity contribution >= 4 is 22.6 Å². The third-order valence-electron chi connectivity index (χ3n) is 6.38. The first-order chi connectivity index (χ1) is 15.5. The predicted octanol–water partition coefficient (Wildman–Crippen LogP) is 2.08. The Morgan fingerprint density at radius 1 is 0.969 bits per heavy atom. The van der Waals surface area contributed by atoms with Crippen molar-refractivity contribution in [2.45, 2.75) is 19.9 Å². The monoisotopic (exact) mass is 430 g/mol. The van der Waals surface area contributed by atoms with Gasteiger partial charge >= 0.3 is 0 Å². The summed E-state index contributed by atoms with van der Waals surface area (Å²) in [5.41, 5.74) is 3.63. The number of nitrogens with zero attached hydrogens (tertiary/aromatic N) is 2. The zero-order chi connectivity index (χ0) is 22.5. The molecule has 0 bridgehead atoms. The van der Waals surface area contributed by atoms with Crippen LogP contribution in [0.1, 0.15) is 16.7 Å². The number of aryl methyl sites for hydroxylation is 1. The summed E-state index contributed by atoms with van der Waals surface area (Å²) in [5.74, 6) is 0.00628. The number of piperazine rings is 1. The van der Waals surface area contributed by atoms with Gasteiger partial charge in [0, 0.05) is 12.6 Å². The Labute approximate surface area is 190 Å². The molecule has 1 N–H and O–H groups in total. The molecule has 5 nitrogen and oxygen atoms in total. The van der Waals surface area contributed by atoms with Gasteiger partial charge in [0.1, 0.15) is 6.54 Å². The third-order valence-corrected chi connectivity index (χ3v) is 6.38. The molecule has 1 fully saturated rings. The lowest BCUT2D eigenvalue weighted by atomic mass is 10.0. The van der Waals surface area contributed by atoms with Gasteiger partial charge in [0.2, 0.25) is 11.8 Å². The van der Waals surface area contributed by atoms with E-state index in [-0.39, 0.29) is 18.4 Å². The van der Waals surface area contributed by atoms with E-state index in [1.807, 2.05) is 35.2 Å². The van der Waals surface area contributed by atoms with E-state index in [4.69, 9.17) is 0 Å². The maximum atomic E-state index is 12.8. The Balaban J connectivity index is 1.28. The van der Waals surface area contributed by atoms with Crippen molar-refractivity contribution in [1.29, 1.82) is 0 Å². The first-order valence-corrected chi connectivity index (χ1v) is 11.4. The summed E-state index contributed by atoms with van der Waals surface area (Å²) in [6.45, 7) is 6.61. The molecule has 5 heteroatoms. The zero-order valence-electron chi connectivity index (χ0n) is 19.0. The molecule has 1 aliphatic rings. The number of quaternary nitrogens is 1. The Kier molecular flexibility index (Phi) is 6.86. The summed E-state index contributed by atoms with van der Waals surface area (Å²) in [6.07, 6.45) is 0.305. The van der Waals surface area contributed by atoms with Crippen molar-refractivity contribution in [1.82, 2.24) is 9.80 Å². The molecule has 0 unspecified atom stereocenters. The van der Waals surface area contributed by atoms with Crippen LogP contribution in [0.25, 0.3) is 10.8 Å². The summed E-state index contributed by atoms with van der Waals surface area (Å²) in [4.78, 5) is 30.6. The summed E-state index contributed by atoms with van der Waals surface area (Å²) < 4.78 is 0. The van der Waals surface area contributed by atoms with E-state index < -0.39 is 0 Å². The first kappa shape index (κ1) is 22.0. The molecule has 1 saturated heterocycles. The van der Waals surface area contributed by atoms with Gasteiger partial charge in [-0.15, -0.1) is 0 Å². The molecule has 32 heavy (non-hydrogen) atoms. The standard InChI is InChI=1S/C27H31N3O2/c1-21-7-5-8-22(17-21)19-29-13-15-30(16-14-29)27(32)20-28(2)26(31)18-24-11-6-10-23-9-3-4-12-25(23)24/h3-12,17H,13-16,18-20H2,1-2H3/p+1. The molecule has 1 aliphatic heterocycles. The van der Waals surface area contributed by atoms with Crippen LogP contribution in [-0.4, -0.2) is 61.4 Å². The lowest BCUT2D eigenvalue weighted by Gasteiger charge is -2.33. The number of rotatable bonds is 6. The van der Waals surface area contributed by atoms with Gasteiger partial charge in [-0.3, -0.25) is 9.59 Å². The Morgan fingerprint density at radius 3 is 2.47 bits per heavy atom. The molecule has 0 atom stereocenters. The third kappa shape index (κ3) is 5.35. The average Bonchev–Trinajstić information content (AvgIpc) is 2.80. The van der Waals surface area contributed by atoms with Crippen LogP contribution in [0.3, 0.4) is 0 Å². The van der Waals surface area contributed by atoms with Crippen LogP contribution in [0.2, 0.25) is 0 Å². The zero-order valence-corrected chi connectivity index (χ0v) is 19.0. The number of likely N-dealkylation sites (N-methyl/N-ethyl adjacent to an activating group) is 1. The topological polar surface area (TPSA) is 45.1 Å². The Bertz CT molecular complexity index is 1100. The van der Waals surface area contributed by atoms with Gasteiger partial charge in [-0.2, -0.15) is 0 Å². The number of hydrogen-bond acceptors (Lipinski definition) is 2. The van der Waals surface area contributed by atoms with Gasteiger partial charge in [0.15, 0.2) is 0 Å². The first-order valence-electron chi connectivity index (χ1n) is 11.4. The molecular formula is C27H32N3O2+. The van der Waals surface area contributed by atoms with Crippen LogP contribution in [0.15, 0.2) is 66.7 Å². The van der Waals surface area contributed by atoms with Crippen molar-refractivity contribution in [3.05, 3.63) is 83.4 Å². The van der Waals surface area contributed by atoms with Crippen molar-refractivity contribution in [2.24, 2.45) is 0 Å². The van der Waals surface area contributed by atoms with Gasteiger partial charge in [0.25, 0.3) is 0 Å². The smallest absolute Gasteiger partial charge is 0.242 e. The van der Waals surface area contributed by atoms with Gasteiger partial charge in [-0.25, -0.2) is 0 Å². The van der Waals surface area contributed by atoms with Gasteiger partial charge in [-0.1, -0.05) is 72.3 Å². The number of hydrogen-bond donors (Lipinski definition) is 1. The maximum absolute atomic E-state index is 12.8. The maximum Gasteiger partial charge on any atom is 0.242 e. The van der Waals surface area contributed by atoms with Crippen LogP contribution >= 0.6 is 0 Å². The molecular weight excluding hydrogens is 398 g/mol. The number of fused-ring (bicyclic) bond motifs is 1. The molecule has 4 rings (SSSR count). The molecule has 0 aliphatic carbocycles. The predicted molar refractivity (Wildman–Crippen MR) is 127 cm³/mol. The molecule has 166 valence electrons. The number of benzene rings is 3. The molecule has 0 aromatic heterocycles. The summed E-state index contributed by atoms with van der Waals surface area (Å²) in [5, 5.41) is 2.22. The molecule has 0 saturated carbocycles. The van der Waals surface area contributed by atoms with Crippen LogP contribution in [0, 0.1) is 6.92 Å². The fourth-order valence-corrected chi connectivity index (χ4v) is 4.50. The quantitative estimate of drug-likeness (QED) is 0.651. The molecule has 0 spiro atoms. The van der Waals surface area contributed by atoms with Gasteiger partial charge in [0.05, 0.1) is 39.1 Å². The van der Waals surface area contributed by atoms with Crippen LogP contribution < -0.4 is 4.90 Å². The molecule has 3 aromatic rings. The second-order valence-electron chi connectivity index (χ2n) is 8.86. The molecule has 3 aromatic carbocycles. The highest BCUT2D eigenvalue weighted by Gasteiger charge is 2.25. The summed E-state index contributed by atoms with van der Waals surface area (Å²) in [6, 6.07) is 22.7. The molecule has 0 radical (unpaired) electrons. The van der Waals surface area contributed by atoms with E-state index in [9.17, 15) is 9.59 Å².